The zero-order valence-electron chi connectivity index (χ0n) is 14.3. The van der Waals surface area contributed by atoms with Crippen LogP contribution in [0.3, 0.4) is 0 Å². The summed E-state index contributed by atoms with van der Waals surface area (Å²) in [7, 11) is 0. The minimum absolute atomic E-state index is 0.192. The van der Waals surface area contributed by atoms with Crippen LogP contribution >= 0.6 is 23.1 Å². The second-order valence-electron chi connectivity index (χ2n) is 5.87. The molecule has 5 nitrogen and oxygen atoms in total. The lowest BCUT2D eigenvalue weighted by molar-refractivity contribution is -0.129. The van der Waals surface area contributed by atoms with Crippen molar-refractivity contribution >= 4 is 35.1 Å². The number of benzene rings is 1. The van der Waals surface area contributed by atoms with E-state index in [1.54, 1.807) is 0 Å². The van der Waals surface area contributed by atoms with Crippen molar-refractivity contribution in [1.29, 1.82) is 0 Å². The van der Waals surface area contributed by atoms with Crippen molar-refractivity contribution in [2.24, 2.45) is 0 Å². The molecule has 1 fully saturated rings. The summed E-state index contributed by atoms with van der Waals surface area (Å²) in [6, 6.07) is 10.3. The Balaban J connectivity index is 1.37. The molecule has 1 amide bonds. The fourth-order valence-corrected chi connectivity index (χ4v) is 4.35. The predicted molar refractivity (Wildman–Crippen MR) is 104 cm³/mol. The van der Waals surface area contributed by atoms with E-state index < -0.39 is 0 Å². The van der Waals surface area contributed by atoms with Gasteiger partial charge in [-0.15, -0.1) is 10.2 Å². The number of thioether (sulfide) groups is 1. The first kappa shape index (κ1) is 18.1. The first-order valence-electron chi connectivity index (χ1n) is 8.35. The molecule has 0 atom stereocenters. The van der Waals surface area contributed by atoms with Crippen LogP contribution in [0.4, 0.5) is 0 Å². The van der Waals surface area contributed by atoms with E-state index in [1.165, 1.54) is 28.7 Å². The topological polar surface area (TPSA) is 49.3 Å². The Morgan fingerprint density at radius 2 is 1.96 bits per heavy atom. The van der Waals surface area contributed by atoms with Gasteiger partial charge in [0.1, 0.15) is 5.01 Å². The van der Waals surface area contributed by atoms with Crippen molar-refractivity contribution in [3.05, 3.63) is 47.0 Å². The van der Waals surface area contributed by atoms with Gasteiger partial charge in [0.25, 0.3) is 0 Å². The maximum Gasteiger partial charge on any atom is 0.233 e. The third kappa shape index (κ3) is 5.66. The van der Waals surface area contributed by atoms with Gasteiger partial charge in [-0.1, -0.05) is 65.6 Å². The Morgan fingerprint density at radius 1 is 1.20 bits per heavy atom. The Hall–Kier alpha value is -1.70. The van der Waals surface area contributed by atoms with Crippen molar-refractivity contribution in [3.8, 4) is 0 Å². The van der Waals surface area contributed by atoms with Crippen molar-refractivity contribution in [1.82, 2.24) is 20.0 Å². The number of piperazine rings is 1. The number of carbonyl (C=O) groups excluding carboxylic acids is 1. The van der Waals surface area contributed by atoms with Crippen molar-refractivity contribution in [2.45, 2.75) is 11.3 Å². The van der Waals surface area contributed by atoms with Gasteiger partial charge in [0, 0.05) is 32.7 Å². The van der Waals surface area contributed by atoms with E-state index in [0.29, 0.717) is 5.75 Å². The lowest BCUT2D eigenvalue weighted by Crippen LogP contribution is -2.49. The first-order chi connectivity index (χ1) is 12.2. The van der Waals surface area contributed by atoms with Crippen molar-refractivity contribution < 1.29 is 4.79 Å². The molecule has 1 aromatic heterocycles. The fourth-order valence-electron chi connectivity index (χ4n) is 2.63. The maximum absolute atomic E-state index is 12.3. The van der Waals surface area contributed by atoms with Gasteiger partial charge >= 0.3 is 0 Å². The van der Waals surface area contributed by atoms with E-state index in [2.05, 4.69) is 39.4 Å². The Labute approximate surface area is 156 Å². The second-order valence-corrected chi connectivity index (χ2v) is 8.27. The van der Waals surface area contributed by atoms with Gasteiger partial charge in [0.05, 0.1) is 5.75 Å². The molecule has 0 bridgehead atoms. The molecule has 25 heavy (non-hydrogen) atoms. The summed E-state index contributed by atoms with van der Waals surface area (Å²) < 4.78 is 0.871. The van der Waals surface area contributed by atoms with Gasteiger partial charge in [-0.25, -0.2) is 0 Å². The smallest absolute Gasteiger partial charge is 0.233 e. The molecular weight excluding hydrogens is 352 g/mol. The van der Waals surface area contributed by atoms with E-state index in [0.717, 1.165) is 42.1 Å². The van der Waals surface area contributed by atoms with Crippen LogP contribution in [-0.2, 0) is 4.79 Å². The molecular formula is C18H22N4OS2. The highest BCUT2D eigenvalue weighted by molar-refractivity contribution is 8.01. The van der Waals surface area contributed by atoms with E-state index in [1.807, 2.05) is 30.0 Å². The van der Waals surface area contributed by atoms with Crippen molar-refractivity contribution in [3.63, 3.8) is 0 Å². The maximum atomic E-state index is 12.3. The number of amides is 1. The van der Waals surface area contributed by atoms with Crippen LogP contribution in [0, 0.1) is 6.92 Å². The summed E-state index contributed by atoms with van der Waals surface area (Å²) in [5.74, 6) is 0.639. The lowest BCUT2D eigenvalue weighted by atomic mass is 10.2. The van der Waals surface area contributed by atoms with Gasteiger partial charge < -0.3 is 4.90 Å². The van der Waals surface area contributed by atoms with E-state index >= 15 is 0 Å². The molecule has 0 aliphatic carbocycles. The molecule has 1 saturated heterocycles. The van der Waals surface area contributed by atoms with Gasteiger partial charge in [0.2, 0.25) is 5.91 Å². The molecule has 1 aliphatic rings. The molecule has 2 aromatic rings. The molecule has 0 radical (unpaired) electrons. The predicted octanol–water partition coefficient (Wildman–Crippen LogP) is 2.80. The Morgan fingerprint density at radius 3 is 2.64 bits per heavy atom. The number of hydrogen-bond donors (Lipinski definition) is 0. The van der Waals surface area contributed by atoms with Crippen LogP contribution in [0.2, 0.25) is 0 Å². The zero-order chi connectivity index (χ0) is 17.5. The lowest BCUT2D eigenvalue weighted by Gasteiger charge is -2.34. The van der Waals surface area contributed by atoms with Crippen LogP contribution in [0.15, 0.2) is 40.7 Å². The highest BCUT2D eigenvalue weighted by Gasteiger charge is 2.20. The summed E-state index contributed by atoms with van der Waals surface area (Å²) >= 11 is 3.02. The average Bonchev–Trinajstić information content (AvgIpc) is 3.06. The molecule has 3 rings (SSSR count). The third-order valence-corrected chi connectivity index (χ3v) is 5.98. The number of rotatable bonds is 6. The van der Waals surface area contributed by atoms with E-state index in [4.69, 9.17) is 0 Å². The molecule has 0 saturated carbocycles. The highest BCUT2D eigenvalue weighted by Crippen LogP contribution is 2.22. The normalized spacial score (nSPS) is 15.8. The van der Waals surface area contributed by atoms with Gasteiger partial charge in [-0.3, -0.25) is 9.69 Å². The minimum atomic E-state index is 0.192. The molecule has 0 spiro atoms. The van der Waals surface area contributed by atoms with Crippen LogP contribution in [0.25, 0.3) is 6.08 Å². The quantitative estimate of drug-likeness (QED) is 0.728. The molecule has 1 aromatic carbocycles. The molecule has 0 N–H and O–H groups in total. The summed E-state index contributed by atoms with van der Waals surface area (Å²) in [5, 5.41) is 8.96. The van der Waals surface area contributed by atoms with Gasteiger partial charge in [-0.2, -0.15) is 0 Å². The highest BCUT2D eigenvalue weighted by atomic mass is 32.2. The number of hydrogen-bond acceptors (Lipinski definition) is 6. The van der Waals surface area contributed by atoms with Crippen LogP contribution in [0.1, 0.15) is 10.6 Å². The summed E-state index contributed by atoms with van der Waals surface area (Å²) in [6.07, 6.45) is 4.35. The SMILES string of the molecule is Cc1nnc(SCC(=O)N2CCN(CC=Cc3ccccc3)CC2)s1. The summed E-state index contributed by atoms with van der Waals surface area (Å²) in [4.78, 5) is 16.6. The molecule has 0 unspecified atom stereocenters. The molecule has 132 valence electrons. The number of aromatic nitrogens is 2. The molecule has 7 heteroatoms. The van der Waals surface area contributed by atoms with Crippen LogP contribution in [0.5, 0.6) is 0 Å². The van der Waals surface area contributed by atoms with Gasteiger partial charge in [-0.05, 0) is 12.5 Å². The Kier molecular flexibility index (Phi) is 6.61. The average molecular weight is 375 g/mol. The van der Waals surface area contributed by atoms with Gasteiger partial charge in [0.15, 0.2) is 4.34 Å². The Bertz CT molecular complexity index is 709. The largest absolute Gasteiger partial charge is 0.339 e. The standard InChI is InChI=1S/C18H22N4OS2/c1-15-19-20-18(25-15)24-14-17(23)22-12-10-21(11-13-22)9-5-8-16-6-3-2-4-7-16/h2-8H,9-14H2,1H3. The third-order valence-electron chi connectivity index (χ3n) is 4.03. The number of carbonyl (C=O) groups is 1. The first-order valence-corrected chi connectivity index (χ1v) is 10.2. The zero-order valence-corrected chi connectivity index (χ0v) is 15.9. The fraction of sp³-hybridized carbons (Fsp3) is 0.389. The monoisotopic (exact) mass is 374 g/mol. The van der Waals surface area contributed by atoms with E-state index in [9.17, 15) is 4.79 Å². The number of aryl methyl sites for hydroxylation is 1. The molecule has 2 heterocycles. The van der Waals surface area contributed by atoms with Crippen molar-refractivity contribution in [2.75, 3.05) is 38.5 Å². The second kappa shape index (κ2) is 9.12. The minimum Gasteiger partial charge on any atom is -0.339 e. The van der Waals surface area contributed by atoms with Crippen LogP contribution in [-0.4, -0.2) is 64.4 Å². The number of nitrogens with zero attached hydrogens (tertiary/aromatic N) is 4. The van der Waals surface area contributed by atoms with Crippen LogP contribution < -0.4 is 0 Å². The summed E-state index contributed by atoms with van der Waals surface area (Å²) in [5.41, 5.74) is 1.22. The van der Waals surface area contributed by atoms with E-state index in [-0.39, 0.29) is 5.91 Å². The summed E-state index contributed by atoms with van der Waals surface area (Å²) in [6.45, 7) is 6.30. The molecule has 1 aliphatic heterocycles.